The molecule has 0 atom stereocenters. The van der Waals surface area contributed by atoms with Crippen LogP contribution in [-0.4, -0.2) is 11.8 Å². The Hall–Kier alpha value is -4.96. The first-order valence-corrected chi connectivity index (χ1v) is 12.7. The smallest absolute Gasteiger partial charge is 0.228 e. The minimum Gasteiger partial charge on any atom is -0.325 e. The second-order valence-corrected chi connectivity index (χ2v) is 9.43. The second-order valence-electron chi connectivity index (χ2n) is 9.43. The van der Waals surface area contributed by atoms with E-state index in [4.69, 9.17) is 0 Å². The average molecular weight is 495 g/mol. The lowest BCUT2D eigenvalue weighted by molar-refractivity contribution is -0.116. The lowest BCUT2D eigenvalue weighted by Gasteiger charge is -2.14. The molecule has 2 amide bonds. The first-order valence-electron chi connectivity index (χ1n) is 12.7. The normalized spacial score (nSPS) is 11.1. The summed E-state index contributed by atoms with van der Waals surface area (Å²) in [6.07, 6.45) is 0.554. The van der Waals surface area contributed by atoms with Crippen LogP contribution in [0.3, 0.4) is 0 Å². The van der Waals surface area contributed by atoms with E-state index in [1.807, 2.05) is 97.1 Å². The van der Waals surface area contributed by atoms with Gasteiger partial charge in [0.05, 0.1) is 12.8 Å². The van der Waals surface area contributed by atoms with E-state index in [2.05, 4.69) is 34.9 Å². The highest BCUT2D eigenvalue weighted by molar-refractivity contribution is 6.10. The molecular formula is C34H26N2O2. The fourth-order valence-corrected chi connectivity index (χ4v) is 5.16. The Morgan fingerprint density at radius 1 is 0.421 bits per heavy atom. The number of hydrogen-bond acceptors (Lipinski definition) is 2. The molecule has 4 heteroatoms. The van der Waals surface area contributed by atoms with Gasteiger partial charge in [0, 0.05) is 22.1 Å². The van der Waals surface area contributed by atoms with E-state index in [1.54, 1.807) is 0 Å². The minimum absolute atomic E-state index is 0.0840. The molecule has 0 unspecified atom stereocenters. The zero-order valence-corrected chi connectivity index (χ0v) is 20.8. The molecule has 0 aromatic heterocycles. The fourth-order valence-electron chi connectivity index (χ4n) is 5.16. The van der Waals surface area contributed by atoms with Gasteiger partial charge >= 0.3 is 0 Å². The summed E-state index contributed by atoms with van der Waals surface area (Å²) in [5.41, 5.74) is 3.42. The fraction of sp³-hybridized carbons (Fsp3) is 0.0588. The largest absolute Gasteiger partial charge is 0.325 e. The molecule has 6 aromatic rings. The van der Waals surface area contributed by atoms with Crippen molar-refractivity contribution < 1.29 is 9.59 Å². The summed E-state index contributed by atoms with van der Waals surface area (Å²) in [7, 11) is 0. The highest BCUT2D eigenvalue weighted by atomic mass is 16.2. The van der Waals surface area contributed by atoms with E-state index in [1.165, 1.54) is 0 Å². The molecular weight excluding hydrogens is 468 g/mol. The maximum Gasteiger partial charge on any atom is 0.228 e. The lowest BCUT2D eigenvalue weighted by Crippen LogP contribution is -2.16. The van der Waals surface area contributed by atoms with Crippen molar-refractivity contribution in [1.29, 1.82) is 0 Å². The van der Waals surface area contributed by atoms with Crippen LogP contribution in [0, 0.1) is 0 Å². The second kappa shape index (κ2) is 10.2. The average Bonchev–Trinajstić information content (AvgIpc) is 2.94. The molecule has 184 valence electrons. The maximum absolute atomic E-state index is 13.1. The molecule has 0 spiro atoms. The van der Waals surface area contributed by atoms with Crippen molar-refractivity contribution in [2.45, 2.75) is 12.8 Å². The Morgan fingerprint density at radius 2 is 0.789 bits per heavy atom. The highest BCUT2D eigenvalue weighted by Crippen LogP contribution is 2.30. The Bertz CT molecular complexity index is 1680. The number of hydrogen-bond donors (Lipinski definition) is 2. The molecule has 0 saturated heterocycles. The van der Waals surface area contributed by atoms with Crippen LogP contribution >= 0.6 is 0 Å². The van der Waals surface area contributed by atoms with Crippen molar-refractivity contribution >= 4 is 55.5 Å². The van der Waals surface area contributed by atoms with Gasteiger partial charge in [-0.15, -0.1) is 0 Å². The van der Waals surface area contributed by atoms with E-state index >= 15 is 0 Å². The van der Waals surface area contributed by atoms with E-state index in [0.29, 0.717) is 0 Å². The summed E-state index contributed by atoms with van der Waals surface area (Å²) >= 11 is 0. The summed E-state index contributed by atoms with van der Waals surface area (Å²) in [6.45, 7) is 0. The predicted molar refractivity (Wildman–Crippen MR) is 157 cm³/mol. The number of nitrogens with one attached hydrogen (secondary N) is 2. The number of anilines is 2. The van der Waals surface area contributed by atoms with Gasteiger partial charge in [-0.05, 0) is 44.8 Å². The summed E-state index contributed by atoms with van der Waals surface area (Å²) in [6, 6.07) is 39.7. The van der Waals surface area contributed by atoms with E-state index in [0.717, 1.165) is 54.8 Å². The first-order chi connectivity index (χ1) is 18.7. The summed E-state index contributed by atoms with van der Waals surface area (Å²) in [4.78, 5) is 26.1. The first kappa shape index (κ1) is 23.4. The number of carbonyl (C=O) groups excluding carboxylic acids is 2. The zero-order valence-electron chi connectivity index (χ0n) is 20.8. The van der Waals surface area contributed by atoms with Gasteiger partial charge in [-0.2, -0.15) is 0 Å². The molecule has 0 fully saturated rings. The van der Waals surface area contributed by atoms with Crippen LogP contribution < -0.4 is 10.6 Å². The van der Waals surface area contributed by atoms with E-state index in [-0.39, 0.29) is 24.7 Å². The summed E-state index contributed by atoms with van der Waals surface area (Å²) in [5.74, 6) is -0.168. The molecule has 0 aliphatic carbocycles. The molecule has 38 heavy (non-hydrogen) atoms. The molecule has 0 bridgehead atoms. The number of fused-ring (bicyclic) bond motifs is 3. The van der Waals surface area contributed by atoms with Crippen molar-refractivity contribution in [3.05, 3.63) is 132 Å². The zero-order chi connectivity index (χ0) is 25.9. The van der Waals surface area contributed by atoms with Crippen molar-refractivity contribution in [2.24, 2.45) is 0 Å². The van der Waals surface area contributed by atoms with Crippen LogP contribution in [0.4, 0.5) is 11.4 Å². The van der Waals surface area contributed by atoms with Crippen LogP contribution in [0.5, 0.6) is 0 Å². The number of benzene rings is 6. The molecule has 4 nitrogen and oxygen atoms in total. The molecule has 0 heterocycles. The van der Waals surface area contributed by atoms with Crippen molar-refractivity contribution in [3.8, 4) is 0 Å². The van der Waals surface area contributed by atoms with Gasteiger partial charge in [0.2, 0.25) is 11.8 Å². The molecule has 0 saturated carbocycles. The monoisotopic (exact) mass is 494 g/mol. The van der Waals surface area contributed by atoms with Gasteiger partial charge < -0.3 is 10.6 Å². The number of amides is 2. The molecule has 6 rings (SSSR count). The Balaban J connectivity index is 1.22. The molecule has 2 N–H and O–H groups in total. The molecule has 0 aliphatic heterocycles. The third kappa shape index (κ3) is 4.72. The SMILES string of the molecule is O=C(Cc1cccc2ccccc12)Nc1cccc2c(NC(=O)Cc3cccc4ccccc34)cccc12. The third-order valence-electron chi connectivity index (χ3n) is 6.93. The van der Waals surface area contributed by atoms with E-state index < -0.39 is 0 Å². The minimum atomic E-state index is -0.0840. The predicted octanol–water partition coefficient (Wildman–Crippen LogP) is 7.51. The van der Waals surface area contributed by atoms with Crippen LogP contribution in [0.15, 0.2) is 121 Å². The maximum atomic E-state index is 13.1. The van der Waals surface area contributed by atoms with Crippen molar-refractivity contribution in [3.63, 3.8) is 0 Å². The molecule has 6 aromatic carbocycles. The van der Waals surface area contributed by atoms with Crippen molar-refractivity contribution in [2.75, 3.05) is 10.6 Å². The van der Waals surface area contributed by atoms with Crippen LogP contribution in [0.1, 0.15) is 11.1 Å². The van der Waals surface area contributed by atoms with Crippen LogP contribution in [-0.2, 0) is 22.4 Å². The van der Waals surface area contributed by atoms with Gasteiger partial charge in [-0.1, -0.05) is 109 Å². The standard InChI is InChI=1S/C34H26N2O2/c37-33(21-25-13-5-11-23-9-1-3-15-27(23)25)35-31-19-7-18-30-29(31)17-8-20-32(30)36-34(38)22-26-14-6-12-24-10-2-4-16-28(24)26/h1-20H,21-22H2,(H,35,37)(H,36,38). The third-order valence-corrected chi connectivity index (χ3v) is 6.93. The lowest BCUT2D eigenvalue weighted by atomic mass is 10.0. The highest BCUT2D eigenvalue weighted by Gasteiger charge is 2.13. The van der Waals surface area contributed by atoms with E-state index in [9.17, 15) is 9.59 Å². The Labute approximate surface area is 220 Å². The number of carbonyl (C=O) groups is 2. The van der Waals surface area contributed by atoms with Crippen LogP contribution in [0.25, 0.3) is 32.3 Å². The van der Waals surface area contributed by atoms with Gasteiger partial charge in [0.15, 0.2) is 0 Å². The summed E-state index contributed by atoms with van der Waals surface area (Å²) < 4.78 is 0. The van der Waals surface area contributed by atoms with Crippen molar-refractivity contribution in [1.82, 2.24) is 0 Å². The quantitative estimate of drug-likeness (QED) is 0.252. The van der Waals surface area contributed by atoms with Gasteiger partial charge in [0.25, 0.3) is 0 Å². The Kier molecular flexibility index (Phi) is 6.29. The van der Waals surface area contributed by atoms with Crippen LogP contribution in [0.2, 0.25) is 0 Å². The van der Waals surface area contributed by atoms with Gasteiger partial charge in [0.1, 0.15) is 0 Å². The Morgan fingerprint density at radius 3 is 1.26 bits per heavy atom. The number of rotatable bonds is 6. The molecule has 0 aliphatic rings. The summed E-state index contributed by atoms with van der Waals surface area (Å²) in [5, 5.41) is 12.3. The van der Waals surface area contributed by atoms with Gasteiger partial charge in [-0.25, -0.2) is 0 Å². The topological polar surface area (TPSA) is 58.2 Å². The van der Waals surface area contributed by atoms with Gasteiger partial charge in [-0.3, -0.25) is 9.59 Å². The molecule has 0 radical (unpaired) electrons.